The SMILES string of the molecule is Cc1oc2cc3c(cc2[n+]1CCCS(=O)(=O)O)c1ccccc1n3CCCSOOO. The maximum atomic E-state index is 11.1. The molecule has 0 saturated carbocycles. The van der Waals surface area contributed by atoms with Gasteiger partial charge in [0.25, 0.3) is 15.6 Å². The molecule has 0 spiro atoms. The van der Waals surface area contributed by atoms with E-state index in [0.717, 1.165) is 52.3 Å². The molecule has 2 heterocycles. The van der Waals surface area contributed by atoms with E-state index in [2.05, 4.69) is 32.1 Å². The molecule has 0 aliphatic heterocycles. The highest BCUT2D eigenvalue weighted by Gasteiger charge is 2.22. The molecule has 166 valence electrons. The van der Waals surface area contributed by atoms with Crippen LogP contribution in [0.5, 0.6) is 0 Å². The first kappa shape index (κ1) is 22.1. The van der Waals surface area contributed by atoms with Gasteiger partial charge in [-0.1, -0.05) is 23.2 Å². The minimum absolute atomic E-state index is 0.288. The summed E-state index contributed by atoms with van der Waals surface area (Å²) in [5.74, 6) is 1.02. The Kier molecular flexibility index (Phi) is 6.51. The minimum Gasteiger partial charge on any atom is -0.401 e. The van der Waals surface area contributed by atoms with Gasteiger partial charge in [0.05, 0.1) is 18.2 Å². The molecule has 2 N–H and O–H groups in total. The van der Waals surface area contributed by atoms with Crippen LogP contribution in [0.1, 0.15) is 18.7 Å². The van der Waals surface area contributed by atoms with Gasteiger partial charge in [0.2, 0.25) is 5.58 Å². The lowest BCUT2D eigenvalue weighted by atomic mass is 10.1. The van der Waals surface area contributed by atoms with Crippen LogP contribution in [0.3, 0.4) is 0 Å². The Bertz CT molecular complexity index is 1330. The van der Waals surface area contributed by atoms with E-state index in [1.807, 2.05) is 29.7 Å². The fraction of sp³-hybridized carbons (Fsp3) is 0.350. The summed E-state index contributed by atoms with van der Waals surface area (Å²) in [5.41, 5.74) is 3.74. The van der Waals surface area contributed by atoms with Crippen molar-refractivity contribution in [2.45, 2.75) is 32.9 Å². The van der Waals surface area contributed by atoms with Gasteiger partial charge in [-0.2, -0.15) is 13.0 Å². The van der Waals surface area contributed by atoms with Crippen molar-refractivity contribution in [2.75, 3.05) is 11.5 Å². The van der Waals surface area contributed by atoms with Crippen LogP contribution in [0.15, 0.2) is 40.8 Å². The van der Waals surface area contributed by atoms with E-state index in [-0.39, 0.29) is 12.2 Å². The van der Waals surface area contributed by atoms with Crippen molar-refractivity contribution in [1.82, 2.24) is 4.57 Å². The highest BCUT2D eigenvalue weighted by Crippen LogP contribution is 2.32. The number of hydrogen-bond acceptors (Lipinski definition) is 7. The van der Waals surface area contributed by atoms with Crippen molar-refractivity contribution in [2.24, 2.45) is 0 Å². The molecule has 0 saturated heterocycles. The van der Waals surface area contributed by atoms with Crippen molar-refractivity contribution in [3.05, 3.63) is 42.3 Å². The second kappa shape index (κ2) is 9.15. The molecule has 2 aromatic carbocycles. The molecule has 11 heteroatoms. The number of nitrogens with zero attached hydrogens (tertiary/aromatic N) is 2. The van der Waals surface area contributed by atoms with Crippen LogP contribution in [0.4, 0.5) is 0 Å². The summed E-state index contributed by atoms with van der Waals surface area (Å²) in [5, 5.41) is 14.1. The highest BCUT2D eigenvalue weighted by atomic mass is 32.2. The predicted molar refractivity (Wildman–Crippen MR) is 117 cm³/mol. The van der Waals surface area contributed by atoms with Crippen LogP contribution >= 0.6 is 12.0 Å². The zero-order valence-electron chi connectivity index (χ0n) is 16.9. The zero-order chi connectivity index (χ0) is 22.0. The van der Waals surface area contributed by atoms with Crippen LogP contribution < -0.4 is 4.57 Å². The Balaban J connectivity index is 1.74. The number of fused-ring (bicyclic) bond motifs is 4. The molecule has 9 nitrogen and oxygen atoms in total. The van der Waals surface area contributed by atoms with Gasteiger partial charge in [0.1, 0.15) is 0 Å². The lowest BCUT2D eigenvalue weighted by molar-refractivity contribution is -0.682. The first-order chi connectivity index (χ1) is 14.9. The lowest BCUT2D eigenvalue weighted by Crippen LogP contribution is -2.36. The number of aryl methyl sites for hydroxylation is 3. The predicted octanol–water partition coefficient (Wildman–Crippen LogP) is 3.87. The molecule has 0 radical (unpaired) electrons. The highest BCUT2D eigenvalue weighted by molar-refractivity contribution is 7.94. The van der Waals surface area contributed by atoms with Crippen molar-refractivity contribution in [3.8, 4) is 0 Å². The maximum absolute atomic E-state index is 11.1. The number of aromatic nitrogens is 2. The van der Waals surface area contributed by atoms with Crippen molar-refractivity contribution >= 4 is 55.1 Å². The fourth-order valence-electron chi connectivity index (χ4n) is 4.00. The van der Waals surface area contributed by atoms with Gasteiger partial charge >= 0.3 is 5.89 Å². The Hall–Kier alpha value is -2.15. The number of hydrogen-bond donors (Lipinski definition) is 2. The largest absolute Gasteiger partial charge is 0.401 e. The summed E-state index contributed by atoms with van der Waals surface area (Å²) in [4.78, 5) is 0. The average molecular weight is 468 g/mol. The summed E-state index contributed by atoms with van der Waals surface area (Å²) in [6.07, 6.45) is 1.09. The third kappa shape index (κ3) is 4.71. The molecule has 4 rings (SSSR count). The number of oxazole rings is 1. The van der Waals surface area contributed by atoms with Gasteiger partial charge in [-0.15, -0.1) is 4.33 Å². The van der Waals surface area contributed by atoms with Crippen LogP contribution in [0.25, 0.3) is 32.9 Å². The number of para-hydroxylation sites is 1. The molecular formula is C20H23N2O7S2+. The third-order valence-electron chi connectivity index (χ3n) is 5.25. The maximum Gasteiger partial charge on any atom is 0.344 e. The Morgan fingerprint density at radius 3 is 2.74 bits per heavy atom. The second-order valence-electron chi connectivity index (χ2n) is 7.24. The smallest absolute Gasteiger partial charge is 0.344 e. The van der Waals surface area contributed by atoms with Crippen LogP contribution in [0.2, 0.25) is 0 Å². The van der Waals surface area contributed by atoms with Gasteiger partial charge < -0.3 is 8.98 Å². The van der Waals surface area contributed by atoms with E-state index in [1.165, 1.54) is 0 Å². The molecule has 0 aliphatic rings. The van der Waals surface area contributed by atoms with Gasteiger partial charge in [-0.05, 0) is 12.5 Å². The zero-order valence-corrected chi connectivity index (χ0v) is 18.5. The quantitative estimate of drug-likeness (QED) is 0.0902. The Morgan fingerprint density at radius 1 is 1.16 bits per heavy atom. The molecule has 0 atom stereocenters. The summed E-state index contributed by atoms with van der Waals surface area (Å²) >= 11 is 1.03. The van der Waals surface area contributed by atoms with E-state index in [0.29, 0.717) is 23.8 Å². The number of rotatable bonds is 10. The fourth-order valence-corrected chi connectivity index (χ4v) is 4.85. The van der Waals surface area contributed by atoms with E-state index in [1.54, 1.807) is 0 Å². The topological polar surface area (TPSA) is 115 Å². The average Bonchev–Trinajstić information content (AvgIpc) is 3.19. The molecular weight excluding hydrogens is 444 g/mol. The van der Waals surface area contributed by atoms with E-state index in [9.17, 15) is 8.42 Å². The third-order valence-corrected chi connectivity index (χ3v) is 6.67. The van der Waals surface area contributed by atoms with Gasteiger partial charge in [0.15, 0.2) is 6.54 Å². The monoisotopic (exact) mass is 467 g/mol. The number of benzene rings is 2. The molecule has 0 amide bonds. The summed E-state index contributed by atoms with van der Waals surface area (Å²) in [7, 11) is -4.00. The van der Waals surface area contributed by atoms with Gasteiger partial charge in [-0.3, -0.25) is 4.55 Å². The first-order valence-electron chi connectivity index (χ1n) is 9.78. The standard InChI is InChI=1S/C20H22N2O7S2/c1-14-21(9-5-11-31(24,25)26)19-12-16-15-6-2-3-7-17(15)22(8-4-10-30-29-28-23)18(16)13-20(19)27-14/h2-3,6-7,12-13H,4-5,8-11H2,1H3,(H-,23,24,25,26)/p+1. The molecule has 4 aromatic rings. The Morgan fingerprint density at radius 2 is 1.97 bits per heavy atom. The van der Waals surface area contributed by atoms with E-state index >= 15 is 0 Å². The molecule has 0 bridgehead atoms. The van der Waals surface area contributed by atoms with Crippen molar-refractivity contribution in [3.63, 3.8) is 0 Å². The molecule has 0 fully saturated rings. The molecule has 0 aliphatic carbocycles. The van der Waals surface area contributed by atoms with Gasteiger partial charge in [-0.25, -0.2) is 5.26 Å². The normalized spacial score (nSPS) is 12.5. The molecule has 31 heavy (non-hydrogen) atoms. The van der Waals surface area contributed by atoms with Crippen molar-refractivity contribution < 1.29 is 36.6 Å². The summed E-state index contributed by atoms with van der Waals surface area (Å²) in [6.45, 7) is 3.00. The minimum atomic E-state index is -4.00. The van der Waals surface area contributed by atoms with Crippen LogP contribution in [-0.4, -0.2) is 34.3 Å². The van der Waals surface area contributed by atoms with Crippen molar-refractivity contribution in [1.29, 1.82) is 0 Å². The Labute approximate surface area is 183 Å². The first-order valence-corrected chi connectivity index (χ1v) is 12.3. The van der Waals surface area contributed by atoms with E-state index in [4.69, 9.17) is 14.2 Å². The van der Waals surface area contributed by atoms with Crippen LogP contribution in [0, 0.1) is 6.92 Å². The summed E-state index contributed by atoms with van der Waals surface area (Å²) < 4.78 is 45.7. The van der Waals surface area contributed by atoms with Gasteiger partial charge in [0, 0.05) is 59.2 Å². The summed E-state index contributed by atoms with van der Waals surface area (Å²) in [6, 6.07) is 12.2. The van der Waals surface area contributed by atoms with E-state index < -0.39 is 10.1 Å². The van der Waals surface area contributed by atoms with Crippen LogP contribution in [-0.2, 0) is 32.6 Å². The lowest BCUT2D eigenvalue weighted by Gasteiger charge is -2.06. The second-order valence-corrected chi connectivity index (χ2v) is 9.59. The molecule has 2 aromatic heterocycles. The molecule has 0 unspecified atom stereocenters.